The van der Waals surface area contributed by atoms with Gasteiger partial charge in [0.2, 0.25) is 12.7 Å². The molecule has 0 spiro atoms. The SMILES string of the molecule is CC(C)NC(=O)c1cc2c(C(=NO)c3ccc4c(c3)OCO4)nc(N)nc2s1. The smallest absolute Gasteiger partial charge is 0.261 e. The third kappa shape index (κ3) is 3.18. The number of amides is 1. The minimum atomic E-state index is -0.215. The number of anilines is 1. The Labute approximate surface area is 163 Å². The van der Waals surface area contributed by atoms with Crippen molar-refractivity contribution in [2.45, 2.75) is 19.9 Å². The van der Waals surface area contributed by atoms with Gasteiger partial charge in [-0.25, -0.2) is 9.97 Å². The zero-order valence-electron chi connectivity index (χ0n) is 15.1. The molecule has 3 aromatic rings. The highest BCUT2D eigenvalue weighted by molar-refractivity contribution is 7.20. The number of carbonyl (C=O) groups is 1. The van der Waals surface area contributed by atoms with E-state index in [4.69, 9.17) is 15.2 Å². The molecule has 9 nitrogen and oxygen atoms in total. The molecule has 0 bridgehead atoms. The van der Waals surface area contributed by atoms with Crippen molar-refractivity contribution in [3.63, 3.8) is 0 Å². The summed E-state index contributed by atoms with van der Waals surface area (Å²) in [7, 11) is 0. The Morgan fingerprint density at radius 3 is 2.82 bits per heavy atom. The topological polar surface area (TPSA) is 132 Å². The van der Waals surface area contributed by atoms with Crippen LogP contribution in [0.2, 0.25) is 0 Å². The Morgan fingerprint density at radius 2 is 2.07 bits per heavy atom. The molecule has 0 fully saturated rings. The lowest BCUT2D eigenvalue weighted by atomic mass is 10.0. The largest absolute Gasteiger partial charge is 0.454 e. The fraction of sp³-hybridized carbons (Fsp3) is 0.222. The third-order valence-corrected chi connectivity index (χ3v) is 5.05. The van der Waals surface area contributed by atoms with E-state index in [9.17, 15) is 10.0 Å². The van der Waals surface area contributed by atoms with Crippen LogP contribution in [0.1, 0.15) is 34.8 Å². The van der Waals surface area contributed by atoms with Gasteiger partial charge >= 0.3 is 0 Å². The summed E-state index contributed by atoms with van der Waals surface area (Å²) in [6, 6.07) is 6.81. The summed E-state index contributed by atoms with van der Waals surface area (Å²) in [6.07, 6.45) is 0. The van der Waals surface area contributed by atoms with E-state index in [1.807, 2.05) is 13.8 Å². The summed E-state index contributed by atoms with van der Waals surface area (Å²) in [5.74, 6) is 0.950. The van der Waals surface area contributed by atoms with E-state index in [0.29, 0.717) is 37.9 Å². The Hall–Kier alpha value is -3.40. The van der Waals surface area contributed by atoms with Crippen LogP contribution in [0.4, 0.5) is 5.95 Å². The first-order valence-electron chi connectivity index (χ1n) is 8.46. The van der Waals surface area contributed by atoms with Crippen LogP contribution < -0.4 is 20.5 Å². The van der Waals surface area contributed by atoms with Gasteiger partial charge in [0.25, 0.3) is 5.91 Å². The molecular weight excluding hydrogens is 382 g/mol. The number of nitrogen functional groups attached to an aromatic ring is 1. The van der Waals surface area contributed by atoms with Crippen molar-refractivity contribution in [2.75, 3.05) is 12.5 Å². The quantitative estimate of drug-likeness (QED) is 0.348. The van der Waals surface area contributed by atoms with E-state index < -0.39 is 0 Å². The maximum atomic E-state index is 12.4. The van der Waals surface area contributed by atoms with E-state index in [1.165, 1.54) is 11.3 Å². The molecule has 0 saturated carbocycles. The normalized spacial score (nSPS) is 13.3. The number of nitrogens with zero attached hydrogens (tertiary/aromatic N) is 3. The van der Waals surface area contributed by atoms with Crippen molar-refractivity contribution in [3.05, 3.63) is 40.4 Å². The molecule has 3 heterocycles. The first-order chi connectivity index (χ1) is 13.5. The molecule has 1 aliphatic rings. The molecule has 0 radical (unpaired) electrons. The van der Waals surface area contributed by atoms with E-state index in [-0.39, 0.29) is 30.4 Å². The minimum absolute atomic E-state index is 0.00321. The number of nitrogens with one attached hydrogen (secondary N) is 1. The average molecular weight is 399 g/mol. The van der Waals surface area contributed by atoms with E-state index in [2.05, 4.69) is 20.4 Å². The monoisotopic (exact) mass is 399 g/mol. The number of thiophene rings is 1. The zero-order chi connectivity index (χ0) is 19.8. The van der Waals surface area contributed by atoms with Crippen LogP contribution in [0.3, 0.4) is 0 Å². The van der Waals surface area contributed by atoms with Crippen LogP contribution in [-0.2, 0) is 0 Å². The van der Waals surface area contributed by atoms with Crippen molar-refractivity contribution in [3.8, 4) is 11.5 Å². The van der Waals surface area contributed by atoms with Gasteiger partial charge in [-0.15, -0.1) is 11.3 Å². The lowest BCUT2D eigenvalue weighted by Crippen LogP contribution is -2.29. The molecule has 144 valence electrons. The molecule has 0 unspecified atom stereocenters. The third-order valence-electron chi connectivity index (χ3n) is 4.02. The summed E-state index contributed by atoms with van der Waals surface area (Å²) in [6.45, 7) is 3.89. The van der Waals surface area contributed by atoms with Gasteiger partial charge in [0.05, 0.1) is 4.88 Å². The van der Waals surface area contributed by atoms with E-state index in [0.717, 1.165) is 0 Å². The summed E-state index contributed by atoms with van der Waals surface area (Å²) < 4.78 is 10.7. The maximum absolute atomic E-state index is 12.4. The molecule has 0 aliphatic carbocycles. The molecule has 0 atom stereocenters. The van der Waals surface area contributed by atoms with Crippen molar-refractivity contribution in [2.24, 2.45) is 5.16 Å². The number of hydrogen-bond donors (Lipinski definition) is 3. The molecule has 10 heteroatoms. The van der Waals surface area contributed by atoms with Crippen molar-refractivity contribution in [1.29, 1.82) is 0 Å². The molecule has 28 heavy (non-hydrogen) atoms. The number of oxime groups is 1. The lowest BCUT2D eigenvalue weighted by Gasteiger charge is -2.07. The standard InChI is InChI=1S/C18H17N5O4S/c1-8(2)20-16(24)13-6-10-15(21-18(19)22-17(10)28-13)14(23-25)9-3-4-11-12(5-9)27-7-26-11/h3-6,8,25H,7H2,1-2H3,(H,20,24)(H2,19,21,22). The molecule has 2 aromatic heterocycles. The molecule has 1 amide bonds. The second-order valence-corrected chi connectivity index (χ2v) is 7.44. The number of nitrogens with two attached hydrogens (primary N) is 1. The van der Waals surface area contributed by atoms with Crippen LogP contribution in [0.25, 0.3) is 10.2 Å². The number of hydrogen-bond acceptors (Lipinski definition) is 9. The van der Waals surface area contributed by atoms with Crippen LogP contribution in [0.5, 0.6) is 11.5 Å². The summed E-state index contributed by atoms with van der Waals surface area (Å²) in [5, 5.41) is 16.5. The average Bonchev–Trinajstić information content (AvgIpc) is 3.27. The first kappa shape index (κ1) is 18.0. The molecule has 1 aromatic carbocycles. The second kappa shape index (κ2) is 6.97. The maximum Gasteiger partial charge on any atom is 0.261 e. The molecular formula is C18H17N5O4S. The Bertz CT molecular complexity index is 1110. The molecule has 0 saturated heterocycles. The predicted octanol–water partition coefficient (Wildman–Crippen LogP) is 2.37. The van der Waals surface area contributed by atoms with Crippen LogP contribution in [0.15, 0.2) is 29.4 Å². The van der Waals surface area contributed by atoms with Gasteiger partial charge in [0, 0.05) is 17.0 Å². The molecule has 1 aliphatic heterocycles. The number of benzene rings is 1. The Kier molecular flexibility index (Phi) is 4.47. The number of carbonyl (C=O) groups excluding carboxylic acids is 1. The van der Waals surface area contributed by atoms with Crippen molar-refractivity contribution >= 4 is 39.1 Å². The van der Waals surface area contributed by atoms with Gasteiger partial charge < -0.3 is 25.7 Å². The first-order valence-corrected chi connectivity index (χ1v) is 9.28. The van der Waals surface area contributed by atoms with Crippen LogP contribution in [0, 0.1) is 0 Å². The Morgan fingerprint density at radius 1 is 1.29 bits per heavy atom. The van der Waals surface area contributed by atoms with E-state index in [1.54, 1.807) is 24.3 Å². The fourth-order valence-corrected chi connectivity index (χ4v) is 3.79. The second-order valence-electron chi connectivity index (χ2n) is 6.40. The van der Waals surface area contributed by atoms with Crippen molar-refractivity contribution < 1.29 is 19.5 Å². The number of ether oxygens (including phenoxy) is 2. The molecule has 4 rings (SSSR count). The summed E-state index contributed by atoms with van der Waals surface area (Å²) >= 11 is 1.19. The number of aromatic nitrogens is 2. The predicted molar refractivity (Wildman–Crippen MR) is 104 cm³/mol. The molecule has 4 N–H and O–H groups in total. The van der Waals surface area contributed by atoms with Gasteiger partial charge in [0.1, 0.15) is 16.2 Å². The van der Waals surface area contributed by atoms with Crippen molar-refractivity contribution in [1.82, 2.24) is 15.3 Å². The summed E-state index contributed by atoms with van der Waals surface area (Å²) in [5.41, 5.74) is 6.92. The zero-order valence-corrected chi connectivity index (χ0v) is 15.9. The Balaban J connectivity index is 1.82. The number of fused-ring (bicyclic) bond motifs is 2. The highest BCUT2D eigenvalue weighted by atomic mass is 32.1. The number of rotatable bonds is 4. The highest BCUT2D eigenvalue weighted by Gasteiger charge is 2.22. The minimum Gasteiger partial charge on any atom is -0.454 e. The van der Waals surface area contributed by atoms with Gasteiger partial charge in [-0.2, -0.15) is 0 Å². The van der Waals surface area contributed by atoms with Crippen LogP contribution >= 0.6 is 11.3 Å². The van der Waals surface area contributed by atoms with E-state index >= 15 is 0 Å². The lowest BCUT2D eigenvalue weighted by molar-refractivity contribution is 0.0947. The van der Waals surface area contributed by atoms with Gasteiger partial charge in [0.15, 0.2) is 11.5 Å². The van der Waals surface area contributed by atoms with Gasteiger partial charge in [-0.1, -0.05) is 5.16 Å². The fourth-order valence-electron chi connectivity index (χ4n) is 2.85. The van der Waals surface area contributed by atoms with Gasteiger partial charge in [-0.05, 0) is 38.1 Å². The highest BCUT2D eigenvalue weighted by Crippen LogP contribution is 2.34. The van der Waals surface area contributed by atoms with Crippen LogP contribution in [-0.4, -0.2) is 39.6 Å². The van der Waals surface area contributed by atoms with Gasteiger partial charge in [-0.3, -0.25) is 4.79 Å². The summed E-state index contributed by atoms with van der Waals surface area (Å²) in [4.78, 5) is 21.8.